The van der Waals surface area contributed by atoms with Crippen LogP contribution in [0.1, 0.15) is 12.5 Å². The molecule has 0 bridgehead atoms. The third kappa shape index (κ3) is 3.72. The van der Waals surface area contributed by atoms with Crippen molar-refractivity contribution in [1.29, 1.82) is 0 Å². The Hall–Kier alpha value is -2.08. The van der Waals surface area contributed by atoms with Crippen molar-refractivity contribution in [3.8, 4) is 0 Å². The quantitative estimate of drug-likeness (QED) is 0.856. The molecule has 0 unspecified atom stereocenters. The van der Waals surface area contributed by atoms with Gasteiger partial charge in [-0.2, -0.15) is 0 Å². The Morgan fingerprint density at radius 2 is 1.86 bits per heavy atom. The van der Waals surface area contributed by atoms with E-state index in [9.17, 15) is 8.42 Å². The molecule has 0 radical (unpaired) electrons. The number of sulfone groups is 1. The summed E-state index contributed by atoms with van der Waals surface area (Å²) in [5, 5.41) is 0. The molecule has 112 valence electrons. The summed E-state index contributed by atoms with van der Waals surface area (Å²) < 4.78 is 23.1. The summed E-state index contributed by atoms with van der Waals surface area (Å²) in [5.41, 5.74) is 8.45. The number of hydrogen-bond acceptors (Lipinski definition) is 5. The Kier molecular flexibility index (Phi) is 4.47. The Morgan fingerprint density at radius 1 is 1.19 bits per heavy atom. The molecule has 0 aliphatic carbocycles. The normalized spacial score (nSPS) is 11.3. The summed E-state index contributed by atoms with van der Waals surface area (Å²) in [6, 6.07) is 8.76. The number of nitrogen functional groups attached to an aromatic ring is 1. The van der Waals surface area contributed by atoms with Crippen molar-refractivity contribution in [3.63, 3.8) is 0 Å². The number of benzene rings is 1. The van der Waals surface area contributed by atoms with Crippen LogP contribution in [0.5, 0.6) is 0 Å². The maximum absolute atomic E-state index is 11.6. The number of hydrogen-bond donors (Lipinski definition) is 1. The minimum Gasteiger partial charge on any atom is -0.397 e. The van der Waals surface area contributed by atoms with Crippen LogP contribution in [0, 0.1) is 0 Å². The van der Waals surface area contributed by atoms with Crippen LogP contribution in [0.2, 0.25) is 0 Å². The SMILES string of the molecule is CCN(Cc1ccncc1)c1ccc(S(C)(=O)=O)cc1N. The van der Waals surface area contributed by atoms with Gasteiger partial charge in [-0.05, 0) is 42.8 Å². The van der Waals surface area contributed by atoms with Crippen LogP contribution in [0.25, 0.3) is 0 Å². The van der Waals surface area contributed by atoms with E-state index in [1.54, 1.807) is 24.5 Å². The second-order valence-corrected chi connectivity index (χ2v) is 6.88. The van der Waals surface area contributed by atoms with Gasteiger partial charge in [0.2, 0.25) is 0 Å². The predicted molar refractivity (Wildman–Crippen MR) is 84.9 cm³/mol. The maximum atomic E-state index is 11.6. The highest BCUT2D eigenvalue weighted by Gasteiger charge is 2.13. The van der Waals surface area contributed by atoms with Gasteiger partial charge in [0.05, 0.1) is 16.3 Å². The third-order valence-corrected chi connectivity index (χ3v) is 4.38. The summed E-state index contributed by atoms with van der Waals surface area (Å²) in [6.45, 7) is 3.50. The van der Waals surface area contributed by atoms with E-state index in [1.165, 1.54) is 12.3 Å². The van der Waals surface area contributed by atoms with E-state index in [0.717, 1.165) is 17.8 Å². The molecule has 1 aromatic heterocycles. The molecule has 5 nitrogen and oxygen atoms in total. The van der Waals surface area contributed by atoms with Crippen LogP contribution >= 0.6 is 0 Å². The van der Waals surface area contributed by atoms with E-state index in [1.807, 2.05) is 19.1 Å². The van der Waals surface area contributed by atoms with E-state index < -0.39 is 9.84 Å². The van der Waals surface area contributed by atoms with Crippen molar-refractivity contribution in [2.75, 3.05) is 23.4 Å². The molecule has 6 heteroatoms. The highest BCUT2D eigenvalue weighted by atomic mass is 32.2. The molecule has 1 heterocycles. The van der Waals surface area contributed by atoms with Crippen LogP contribution in [-0.2, 0) is 16.4 Å². The Labute approximate surface area is 125 Å². The highest BCUT2D eigenvalue weighted by Crippen LogP contribution is 2.27. The highest BCUT2D eigenvalue weighted by molar-refractivity contribution is 7.90. The first-order valence-corrected chi connectivity index (χ1v) is 8.54. The smallest absolute Gasteiger partial charge is 0.175 e. The van der Waals surface area contributed by atoms with Gasteiger partial charge in [0.1, 0.15) is 0 Å². The molecular weight excluding hydrogens is 286 g/mol. The molecule has 0 aliphatic rings. The van der Waals surface area contributed by atoms with Crippen molar-refractivity contribution in [2.45, 2.75) is 18.4 Å². The van der Waals surface area contributed by atoms with E-state index in [4.69, 9.17) is 5.73 Å². The summed E-state index contributed by atoms with van der Waals surface area (Å²) in [5.74, 6) is 0. The van der Waals surface area contributed by atoms with Gasteiger partial charge in [0.25, 0.3) is 0 Å². The van der Waals surface area contributed by atoms with E-state index >= 15 is 0 Å². The summed E-state index contributed by atoms with van der Waals surface area (Å²) >= 11 is 0. The lowest BCUT2D eigenvalue weighted by Gasteiger charge is -2.25. The molecular formula is C15H19N3O2S. The van der Waals surface area contributed by atoms with E-state index in [0.29, 0.717) is 12.2 Å². The average Bonchev–Trinajstić information content (AvgIpc) is 2.45. The van der Waals surface area contributed by atoms with Crippen molar-refractivity contribution in [2.24, 2.45) is 0 Å². The molecule has 0 amide bonds. The number of nitrogens with zero attached hydrogens (tertiary/aromatic N) is 2. The van der Waals surface area contributed by atoms with Crippen LogP contribution in [0.3, 0.4) is 0 Å². The van der Waals surface area contributed by atoms with Crippen molar-refractivity contribution in [1.82, 2.24) is 4.98 Å². The van der Waals surface area contributed by atoms with Gasteiger partial charge in [-0.3, -0.25) is 4.98 Å². The fourth-order valence-electron chi connectivity index (χ4n) is 2.13. The molecule has 0 saturated carbocycles. The zero-order valence-electron chi connectivity index (χ0n) is 12.2. The second-order valence-electron chi connectivity index (χ2n) is 4.86. The lowest BCUT2D eigenvalue weighted by Crippen LogP contribution is -2.23. The molecule has 0 saturated heterocycles. The standard InChI is InChI=1S/C15H19N3O2S/c1-3-18(11-12-6-8-17-9-7-12)15-5-4-13(10-14(15)16)21(2,19)20/h4-10H,3,11,16H2,1-2H3. The lowest BCUT2D eigenvalue weighted by atomic mass is 10.2. The van der Waals surface area contributed by atoms with Crippen LogP contribution in [0.15, 0.2) is 47.6 Å². The van der Waals surface area contributed by atoms with Crippen molar-refractivity contribution in [3.05, 3.63) is 48.3 Å². The second kappa shape index (κ2) is 6.13. The van der Waals surface area contributed by atoms with Gasteiger partial charge in [-0.15, -0.1) is 0 Å². The summed E-state index contributed by atoms with van der Waals surface area (Å²) in [4.78, 5) is 6.33. The zero-order chi connectivity index (χ0) is 15.5. The molecule has 2 aromatic rings. The van der Waals surface area contributed by atoms with Crippen molar-refractivity contribution < 1.29 is 8.42 Å². The van der Waals surface area contributed by atoms with Gasteiger partial charge >= 0.3 is 0 Å². The Morgan fingerprint density at radius 3 is 2.38 bits per heavy atom. The van der Waals surface area contributed by atoms with Crippen LogP contribution in [0.4, 0.5) is 11.4 Å². The minimum absolute atomic E-state index is 0.240. The Balaban J connectivity index is 2.31. The fourth-order valence-corrected chi connectivity index (χ4v) is 2.78. The molecule has 1 aromatic carbocycles. The van der Waals surface area contributed by atoms with E-state index in [-0.39, 0.29) is 4.90 Å². The molecule has 2 N–H and O–H groups in total. The molecule has 0 aliphatic heterocycles. The summed E-state index contributed by atoms with van der Waals surface area (Å²) in [6.07, 6.45) is 4.68. The first-order valence-electron chi connectivity index (χ1n) is 6.65. The number of pyridine rings is 1. The third-order valence-electron chi connectivity index (χ3n) is 3.27. The predicted octanol–water partition coefficient (Wildman–Crippen LogP) is 2.09. The van der Waals surface area contributed by atoms with Crippen molar-refractivity contribution >= 4 is 21.2 Å². The molecule has 0 fully saturated rings. The largest absolute Gasteiger partial charge is 0.397 e. The van der Waals surface area contributed by atoms with Gasteiger partial charge in [-0.1, -0.05) is 0 Å². The first-order chi connectivity index (χ1) is 9.91. The molecule has 21 heavy (non-hydrogen) atoms. The topological polar surface area (TPSA) is 76.3 Å². The molecule has 0 spiro atoms. The number of nitrogens with two attached hydrogens (primary N) is 1. The summed E-state index contributed by atoms with van der Waals surface area (Å²) in [7, 11) is -3.24. The van der Waals surface area contributed by atoms with Gasteiger partial charge < -0.3 is 10.6 Å². The zero-order valence-corrected chi connectivity index (χ0v) is 13.0. The van der Waals surface area contributed by atoms with Crippen LogP contribution in [-0.4, -0.2) is 26.2 Å². The molecule has 0 atom stereocenters. The monoisotopic (exact) mass is 305 g/mol. The lowest BCUT2D eigenvalue weighted by molar-refractivity contribution is 0.602. The van der Waals surface area contributed by atoms with Crippen LogP contribution < -0.4 is 10.6 Å². The number of rotatable bonds is 5. The number of aromatic nitrogens is 1. The average molecular weight is 305 g/mol. The maximum Gasteiger partial charge on any atom is 0.175 e. The van der Waals surface area contributed by atoms with Gasteiger partial charge in [0, 0.05) is 31.7 Å². The van der Waals surface area contributed by atoms with Gasteiger partial charge in [0.15, 0.2) is 9.84 Å². The van der Waals surface area contributed by atoms with E-state index in [2.05, 4.69) is 9.88 Å². The fraction of sp³-hybridized carbons (Fsp3) is 0.267. The van der Waals surface area contributed by atoms with Gasteiger partial charge in [-0.25, -0.2) is 8.42 Å². The first kappa shape index (κ1) is 15.3. The minimum atomic E-state index is -3.24. The number of anilines is 2. The molecule has 2 rings (SSSR count). The Bertz CT molecular complexity index is 715.